The molecule has 2 heterocycles. The van der Waals surface area contributed by atoms with E-state index in [2.05, 4.69) is 15.9 Å². The van der Waals surface area contributed by atoms with Gasteiger partial charge in [-0.3, -0.25) is 9.59 Å². The van der Waals surface area contributed by atoms with Crippen molar-refractivity contribution in [2.75, 3.05) is 11.9 Å². The SMILES string of the molecule is CCN(Cc1ccoc1)C(=O)c1ccc(C(=O)CBr)o1. The second-order valence-corrected chi connectivity index (χ2v) is 4.73. The summed E-state index contributed by atoms with van der Waals surface area (Å²) in [5.41, 5.74) is 0.906. The smallest absolute Gasteiger partial charge is 0.289 e. The first kappa shape index (κ1) is 14.6. The maximum absolute atomic E-state index is 12.3. The van der Waals surface area contributed by atoms with Crippen LogP contribution in [-0.4, -0.2) is 28.5 Å². The van der Waals surface area contributed by atoms with Crippen LogP contribution in [-0.2, 0) is 6.54 Å². The summed E-state index contributed by atoms with van der Waals surface area (Å²) in [6.45, 7) is 2.85. The number of hydrogen-bond donors (Lipinski definition) is 0. The zero-order valence-corrected chi connectivity index (χ0v) is 12.6. The molecule has 2 rings (SSSR count). The van der Waals surface area contributed by atoms with E-state index in [0.717, 1.165) is 5.56 Å². The summed E-state index contributed by atoms with van der Waals surface area (Å²) in [5.74, 6) is -0.0894. The molecule has 0 radical (unpaired) electrons. The molecule has 0 bridgehead atoms. The number of carbonyl (C=O) groups is 2. The van der Waals surface area contributed by atoms with Gasteiger partial charge in [-0.15, -0.1) is 0 Å². The number of ketones is 1. The van der Waals surface area contributed by atoms with Gasteiger partial charge in [0.05, 0.1) is 17.9 Å². The molecule has 0 spiro atoms. The first-order valence-electron chi connectivity index (χ1n) is 6.15. The third-order valence-electron chi connectivity index (χ3n) is 2.84. The van der Waals surface area contributed by atoms with Crippen molar-refractivity contribution in [3.05, 3.63) is 47.8 Å². The van der Waals surface area contributed by atoms with E-state index in [1.165, 1.54) is 12.1 Å². The summed E-state index contributed by atoms with van der Waals surface area (Å²) in [6, 6.07) is 4.84. The highest BCUT2D eigenvalue weighted by atomic mass is 79.9. The van der Waals surface area contributed by atoms with E-state index in [1.807, 2.05) is 6.92 Å². The van der Waals surface area contributed by atoms with Crippen LogP contribution in [0.15, 0.2) is 39.6 Å². The average molecular weight is 340 g/mol. The summed E-state index contributed by atoms with van der Waals surface area (Å²) in [7, 11) is 0. The van der Waals surface area contributed by atoms with Gasteiger partial charge in [-0.25, -0.2) is 0 Å². The molecule has 0 aliphatic heterocycles. The lowest BCUT2D eigenvalue weighted by molar-refractivity contribution is 0.0717. The van der Waals surface area contributed by atoms with Crippen molar-refractivity contribution < 1.29 is 18.4 Å². The fraction of sp³-hybridized carbons (Fsp3) is 0.286. The lowest BCUT2D eigenvalue weighted by Crippen LogP contribution is -2.29. The van der Waals surface area contributed by atoms with Gasteiger partial charge in [0.25, 0.3) is 5.91 Å². The number of furan rings is 2. The molecule has 2 aromatic rings. The Morgan fingerprint density at radius 2 is 2.00 bits per heavy atom. The van der Waals surface area contributed by atoms with Crippen LogP contribution in [0.3, 0.4) is 0 Å². The minimum absolute atomic E-state index is 0.166. The van der Waals surface area contributed by atoms with Crippen LogP contribution in [0.25, 0.3) is 0 Å². The zero-order valence-electron chi connectivity index (χ0n) is 11.0. The third-order valence-corrected chi connectivity index (χ3v) is 3.34. The Hall–Kier alpha value is -1.82. The number of carbonyl (C=O) groups excluding carboxylic acids is 2. The molecular weight excluding hydrogens is 326 g/mol. The fourth-order valence-electron chi connectivity index (χ4n) is 1.75. The molecule has 6 heteroatoms. The van der Waals surface area contributed by atoms with Crippen molar-refractivity contribution in [2.24, 2.45) is 0 Å². The van der Waals surface area contributed by atoms with E-state index in [9.17, 15) is 9.59 Å². The number of alkyl halides is 1. The average Bonchev–Trinajstić information content (AvgIpc) is 3.14. The van der Waals surface area contributed by atoms with Gasteiger partial charge < -0.3 is 13.7 Å². The first-order valence-corrected chi connectivity index (χ1v) is 7.27. The number of hydrogen-bond acceptors (Lipinski definition) is 4. The molecule has 20 heavy (non-hydrogen) atoms. The van der Waals surface area contributed by atoms with Crippen LogP contribution >= 0.6 is 15.9 Å². The molecule has 0 aliphatic carbocycles. The summed E-state index contributed by atoms with van der Waals surface area (Å²) in [4.78, 5) is 25.4. The van der Waals surface area contributed by atoms with Crippen molar-refractivity contribution in [3.8, 4) is 0 Å². The van der Waals surface area contributed by atoms with Crippen LogP contribution in [0, 0.1) is 0 Å². The van der Waals surface area contributed by atoms with Gasteiger partial charge in [0.1, 0.15) is 0 Å². The highest BCUT2D eigenvalue weighted by Crippen LogP contribution is 2.14. The molecule has 0 fully saturated rings. The number of nitrogens with zero attached hydrogens (tertiary/aromatic N) is 1. The standard InChI is InChI=1S/C14H14BrNO4/c1-2-16(8-10-5-6-19-9-10)14(18)13-4-3-12(20-13)11(17)7-15/h3-6,9H,2,7-8H2,1H3. The predicted molar refractivity (Wildman–Crippen MR) is 76.0 cm³/mol. The molecule has 0 atom stereocenters. The van der Waals surface area contributed by atoms with Gasteiger partial charge in [-0.05, 0) is 25.1 Å². The Balaban J connectivity index is 2.12. The Morgan fingerprint density at radius 3 is 2.60 bits per heavy atom. The molecule has 0 saturated carbocycles. The largest absolute Gasteiger partial charge is 0.472 e. The number of halogens is 1. The van der Waals surface area contributed by atoms with Gasteiger partial charge in [0, 0.05) is 18.7 Å². The molecule has 5 nitrogen and oxygen atoms in total. The van der Waals surface area contributed by atoms with E-state index in [-0.39, 0.29) is 28.5 Å². The Morgan fingerprint density at radius 1 is 1.25 bits per heavy atom. The van der Waals surface area contributed by atoms with Crippen LogP contribution in [0.5, 0.6) is 0 Å². The van der Waals surface area contributed by atoms with Crippen LogP contribution in [0.2, 0.25) is 0 Å². The van der Waals surface area contributed by atoms with Crippen LogP contribution < -0.4 is 0 Å². The highest BCUT2D eigenvalue weighted by Gasteiger charge is 2.20. The maximum Gasteiger partial charge on any atom is 0.289 e. The van der Waals surface area contributed by atoms with Crippen molar-refractivity contribution >= 4 is 27.6 Å². The van der Waals surface area contributed by atoms with Crippen molar-refractivity contribution in [2.45, 2.75) is 13.5 Å². The number of rotatable bonds is 6. The maximum atomic E-state index is 12.3. The van der Waals surface area contributed by atoms with Gasteiger partial charge in [0.2, 0.25) is 5.78 Å². The summed E-state index contributed by atoms with van der Waals surface area (Å²) < 4.78 is 10.3. The molecule has 0 aliphatic rings. The summed E-state index contributed by atoms with van der Waals surface area (Å²) in [6.07, 6.45) is 3.16. The van der Waals surface area contributed by atoms with Gasteiger partial charge in [-0.2, -0.15) is 0 Å². The Kier molecular flexibility index (Phi) is 4.79. The quantitative estimate of drug-likeness (QED) is 0.599. The third kappa shape index (κ3) is 3.19. The predicted octanol–water partition coefficient (Wildman–Crippen LogP) is 3.11. The van der Waals surface area contributed by atoms with E-state index >= 15 is 0 Å². The zero-order chi connectivity index (χ0) is 14.5. The minimum atomic E-state index is -0.248. The molecule has 2 aromatic heterocycles. The lowest BCUT2D eigenvalue weighted by atomic mass is 10.3. The molecule has 106 valence electrons. The van der Waals surface area contributed by atoms with Gasteiger partial charge in [-0.1, -0.05) is 15.9 Å². The van der Waals surface area contributed by atoms with Gasteiger partial charge in [0.15, 0.2) is 11.5 Å². The highest BCUT2D eigenvalue weighted by molar-refractivity contribution is 9.09. The topological polar surface area (TPSA) is 63.7 Å². The van der Waals surface area contributed by atoms with Crippen molar-refractivity contribution in [3.63, 3.8) is 0 Å². The summed E-state index contributed by atoms with van der Waals surface area (Å²) >= 11 is 3.06. The Labute approximate surface area is 124 Å². The molecule has 0 saturated heterocycles. The fourth-order valence-corrected chi connectivity index (χ4v) is 2.03. The van der Waals surface area contributed by atoms with Gasteiger partial charge >= 0.3 is 0 Å². The van der Waals surface area contributed by atoms with Crippen molar-refractivity contribution in [1.82, 2.24) is 4.90 Å². The molecule has 0 N–H and O–H groups in total. The first-order chi connectivity index (χ1) is 9.65. The molecule has 1 amide bonds. The van der Waals surface area contributed by atoms with Crippen LogP contribution in [0.1, 0.15) is 33.6 Å². The number of amides is 1. The monoisotopic (exact) mass is 339 g/mol. The van der Waals surface area contributed by atoms with Crippen molar-refractivity contribution in [1.29, 1.82) is 0 Å². The van der Waals surface area contributed by atoms with Crippen LogP contribution in [0.4, 0.5) is 0 Å². The minimum Gasteiger partial charge on any atom is -0.472 e. The van der Waals surface area contributed by atoms with E-state index in [4.69, 9.17) is 8.83 Å². The lowest BCUT2D eigenvalue weighted by Gasteiger charge is -2.18. The summed E-state index contributed by atoms with van der Waals surface area (Å²) in [5, 5.41) is 0.167. The van der Waals surface area contributed by atoms with E-state index < -0.39 is 0 Å². The van der Waals surface area contributed by atoms with E-state index in [1.54, 1.807) is 23.5 Å². The Bertz CT molecular complexity index is 588. The second-order valence-electron chi connectivity index (χ2n) is 4.17. The molecule has 0 aromatic carbocycles. The molecular formula is C14H14BrNO4. The molecule has 0 unspecified atom stereocenters. The second kappa shape index (κ2) is 6.56. The number of Topliss-reactive ketones (excluding diaryl/α,β-unsaturated/α-hetero) is 1. The van der Waals surface area contributed by atoms with E-state index in [0.29, 0.717) is 13.1 Å². The normalized spacial score (nSPS) is 10.5.